The summed E-state index contributed by atoms with van der Waals surface area (Å²) < 4.78 is 5.55. The van der Waals surface area contributed by atoms with Gasteiger partial charge >= 0.3 is 0 Å². The molecule has 0 saturated carbocycles. The second kappa shape index (κ2) is 5.30. The minimum Gasteiger partial charge on any atom is -0.508 e. The molecule has 0 saturated heterocycles. The molecule has 0 bridgehead atoms. The molecule has 2 aromatic rings. The van der Waals surface area contributed by atoms with Gasteiger partial charge in [-0.1, -0.05) is 35.3 Å². The van der Waals surface area contributed by atoms with Crippen LogP contribution in [0.15, 0.2) is 42.5 Å². The Kier molecular flexibility index (Phi) is 3.77. The van der Waals surface area contributed by atoms with E-state index in [2.05, 4.69) is 0 Å². The Labute approximate surface area is 109 Å². The molecule has 0 spiro atoms. The lowest BCUT2D eigenvalue weighted by molar-refractivity contribution is 0.306. The van der Waals surface area contributed by atoms with E-state index in [0.717, 1.165) is 5.56 Å². The minimum absolute atomic E-state index is 0.231. The van der Waals surface area contributed by atoms with Gasteiger partial charge in [-0.15, -0.1) is 0 Å². The molecule has 0 aliphatic carbocycles. The molecule has 0 amide bonds. The maximum Gasteiger partial charge on any atom is 0.139 e. The third kappa shape index (κ3) is 3.29. The van der Waals surface area contributed by atoms with Crippen LogP contribution in [0, 0.1) is 0 Å². The van der Waals surface area contributed by atoms with Crippen LogP contribution in [0.1, 0.15) is 5.56 Å². The predicted molar refractivity (Wildman–Crippen MR) is 68.9 cm³/mol. The van der Waals surface area contributed by atoms with E-state index in [1.807, 2.05) is 0 Å². The molecule has 0 heterocycles. The van der Waals surface area contributed by atoms with Crippen LogP contribution in [0.5, 0.6) is 11.5 Å². The summed E-state index contributed by atoms with van der Waals surface area (Å²) in [4.78, 5) is 0. The lowest BCUT2D eigenvalue weighted by Crippen LogP contribution is -1.95. The van der Waals surface area contributed by atoms with Crippen LogP contribution in [0.2, 0.25) is 10.0 Å². The maximum absolute atomic E-state index is 9.14. The van der Waals surface area contributed by atoms with Gasteiger partial charge in [0.1, 0.15) is 18.1 Å². The quantitative estimate of drug-likeness (QED) is 0.901. The molecule has 0 atom stereocenters. The zero-order valence-electron chi connectivity index (χ0n) is 8.86. The summed E-state index contributed by atoms with van der Waals surface area (Å²) in [6, 6.07) is 11.9. The van der Waals surface area contributed by atoms with E-state index in [1.165, 1.54) is 0 Å². The summed E-state index contributed by atoms with van der Waals surface area (Å²) >= 11 is 11.8. The maximum atomic E-state index is 9.14. The molecule has 2 nitrogen and oxygen atoms in total. The van der Waals surface area contributed by atoms with E-state index in [4.69, 9.17) is 33.0 Å². The van der Waals surface area contributed by atoms with E-state index in [-0.39, 0.29) is 5.75 Å². The van der Waals surface area contributed by atoms with Gasteiger partial charge in [0, 0.05) is 11.1 Å². The van der Waals surface area contributed by atoms with Crippen LogP contribution >= 0.6 is 23.2 Å². The van der Waals surface area contributed by atoms with Crippen LogP contribution in [0.4, 0.5) is 0 Å². The fraction of sp³-hybridized carbons (Fsp3) is 0.0769. The lowest BCUT2D eigenvalue weighted by atomic mass is 10.2. The molecule has 17 heavy (non-hydrogen) atoms. The minimum atomic E-state index is 0.231. The standard InChI is InChI=1S/C13H10Cl2O2/c14-10-3-6-12(15)13(7-10)17-8-9-1-4-11(16)5-2-9/h1-7,16H,8H2. The molecular weight excluding hydrogens is 259 g/mol. The van der Waals surface area contributed by atoms with Crippen LogP contribution in [0.25, 0.3) is 0 Å². The zero-order chi connectivity index (χ0) is 12.3. The second-order valence-corrected chi connectivity index (χ2v) is 4.37. The smallest absolute Gasteiger partial charge is 0.139 e. The molecule has 88 valence electrons. The summed E-state index contributed by atoms with van der Waals surface area (Å²) in [6.45, 7) is 0.375. The first-order valence-corrected chi connectivity index (χ1v) is 5.76. The van der Waals surface area contributed by atoms with E-state index >= 15 is 0 Å². The molecule has 4 heteroatoms. The van der Waals surface area contributed by atoms with Gasteiger partial charge in [0.2, 0.25) is 0 Å². The van der Waals surface area contributed by atoms with Gasteiger partial charge in [0.15, 0.2) is 0 Å². The first kappa shape index (κ1) is 12.1. The number of rotatable bonds is 3. The number of ether oxygens (including phenoxy) is 1. The predicted octanol–water partition coefficient (Wildman–Crippen LogP) is 4.28. The van der Waals surface area contributed by atoms with Gasteiger partial charge < -0.3 is 9.84 Å². The second-order valence-electron chi connectivity index (χ2n) is 3.53. The fourth-order valence-corrected chi connectivity index (χ4v) is 1.68. The Balaban J connectivity index is 2.07. The van der Waals surface area contributed by atoms with Crippen molar-refractivity contribution in [2.45, 2.75) is 6.61 Å². The Bertz CT molecular complexity index is 509. The topological polar surface area (TPSA) is 29.5 Å². The summed E-state index contributed by atoms with van der Waals surface area (Å²) in [5, 5.41) is 10.2. The molecule has 0 radical (unpaired) electrons. The summed E-state index contributed by atoms with van der Waals surface area (Å²) in [6.07, 6.45) is 0. The summed E-state index contributed by atoms with van der Waals surface area (Å²) in [7, 11) is 0. The first-order valence-electron chi connectivity index (χ1n) is 5.01. The highest BCUT2D eigenvalue weighted by atomic mass is 35.5. The summed E-state index contributed by atoms with van der Waals surface area (Å²) in [5.41, 5.74) is 0.943. The average molecular weight is 269 g/mol. The van der Waals surface area contributed by atoms with Crippen molar-refractivity contribution in [2.24, 2.45) is 0 Å². The van der Waals surface area contributed by atoms with Gasteiger partial charge in [0.25, 0.3) is 0 Å². The average Bonchev–Trinajstić information content (AvgIpc) is 2.32. The van der Waals surface area contributed by atoms with Crippen molar-refractivity contribution >= 4 is 23.2 Å². The molecule has 1 N–H and O–H groups in total. The monoisotopic (exact) mass is 268 g/mol. The molecule has 0 fully saturated rings. The summed E-state index contributed by atoms with van der Waals surface area (Å²) in [5.74, 6) is 0.779. The first-order chi connectivity index (χ1) is 8.15. The van der Waals surface area contributed by atoms with Crippen molar-refractivity contribution < 1.29 is 9.84 Å². The number of hydrogen-bond donors (Lipinski definition) is 1. The molecule has 0 aromatic heterocycles. The van der Waals surface area contributed by atoms with Crippen molar-refractivity contribution in [3.63, 3.8) is 0 Å². The Morgan fingerprint density at radius 3 is 2.41 bits per heavy atom. The van der Waals surface area contributed by atoms with Gasteiger partial charge in [-0.3, -0.25) is 0 Å². The fourth-order valence-electron chi connectivity index (χ4n) is 1.34. The van der Waals surface area contributed by atoms with Crippen molar-refractivity contribution in [1.29, 1.82) is 0 Å². The van der Waals surface area contributed by atoms with Gasteiger partial charge in [-0.2, -0.15) is 0 Å². The molecule has 0 aliphatic heterocycles. The van der Waals surface area contributed by atoms with Crippen LogP contribution in [0.3, 0.4) is 0 Å². The highest BCUT2D eigenvalue weighted by Gasteiger charge is 2.03. The van der Waals surface area contributed by atoms with Crippen LogP contribution in [-0.4, -0.2) is 5.11 Å². The van der Waals surface area contributed by atoms with E-state index in [0.29, 0.717) is 22.4 Å². The molecule has 0 unspecified atom stereocenters. The van der Waals surface area contributed by atoms with Crippen molar-refractivity contribution in [1.82, 2.24) is 0 Å². The highest BCUT2D eigenvalue weighted by molar-refractivity contribution is 6.34. The zero-order valence-corrected chi connectivity index (χ0v) is 10.4. The van der Waals surface area contributed by atoms with Gasteiger partial charge in [-0.25, -0.2) is 0 Å². The number of halogens is 2. The SMILES string of the molecule is Oc1ccc(COc2cc(Cl)ccc2Cl)cc1. The molecule has 2 rings (SSSR count). The molecular formula is C13H10Cl2O2. The number of benzene rings is 2. The van der Waals surface area contributed by atoms with Gasteiger partial charge in [-0.05, 0) is 29.8 Å². The number of aromatic hydroxyl groups is 1. The number of hydrogen-bond acceptors (Lipinski definition) is 2. The largest absolute Gasteiger partial charge is 0.508 e. The van der Waals surface area contributed by atoms with E-state index in [9.17, 15) is 0 Å². The Hall–Kier alpha value is -1.38. The van der Waals surface area contributed by atoms with Crippen molar-refractivity contribution in [2.75, 3.05) is 0 Å². The number of phenolic OH excluding ortho intramolecular Hbond substituents is 1. The lowest BCUT2D eigenvalue weighted by Gasteiger charge is -2.08. The van der Waals surface area contributed by atoms with E-state index < -0.39 is 0 Å². The van der Waals surface area contributed by atoms with Crippen LogP contribution < -0.4 is 4.74 Å². The normalized spacial score (nSPS) is 10.2. The number of phenols is 1. The van der Waals surface area contributed by atoms with Crippen LogP contribution in [-0.2, 0) is 6.61 Å². The van der Waals surface area contributed by atoms with E-state index in [1.54, 1.807) is 42.5 Å². The highest BCUT2D eigenvalue weighted by Crippen LogP contribution is 2.28. The van der Waals surface area contributed by atoms with Crippen molar-refractivity contribution in [3.05, 3.63) is 58.1 Å². The Morgan fingerprint density at radius 2 is 1.71 bits per heavy atom. The van der Waals surface area contributed by atoms with Crippen molar-refractivity contribution in [3.8, 4) is 11.5 Å². The Morgan fingerprint density at radius 1 is 1.00 bits per heavy atom. The molecule has 0 aliphatic rings. The molecule has 2 aromatic carbocycles. The third-order valence-electron chi connectivity index (χ3n) is 2.22. The third-order valence-corrected chi connectivity index (χ3v) is 2.77. The van der Waals surface area contributed by atoms with Gasteiger partial charge in [0.05, 0.1) is 5.02 Å².